The van der Waals surface area contributed by atoms with Crippen LogP contribution in [0.3, 0.4) is 0 Å². The molecule has 1 N–H and O–H groups in total. The first-order chi connectivity index (χ1) is 28.5. The van der Waals surface area contributed by atoms with Crippen molar-refractivity contribution in [3.8, 4) is 22.5 Å². The first kappa shape index (κ1) is 40.4. The van der Waals surface area contributed by atoms with Crippen molar-refractivity contribution < 1.29 is 17.6 Å². The number of hydrogen-bond acceptors (Lipinski definition) is 10. The number of rotatable bonds is 9. The Kier molecular flexibility index (Phi) is 11.7. The standard InChI is InChI=1S/C23H24F2N6S.C19H15BrF2N4S/c1-3-19-22(29(2)23-28-20(14-32-23)15-4-6-16(24)7-5-15)31-13-17(12-18(25)21(31)27-19)30-10-8-26-9-11-30;1-3-15-18(26-9-12(20)8-14(22)17(26)23-15)25(2)19-24-16(10-27-19)11-4-6-13(21)7-5-11/h4-7,12-14,26H,3,8-11H2,1-2H3;4-10H,3H2,1-2H3. The SMILES string of the molecule is CCc1nc2c(F)cc(Br)cn2c1N(C)c1nc(-c2ccc(F)cc2)cs1.CCc1nc2c(F)cc(N3CCNCC3)cn2c1N(C)c1nc(-c2ccc(F)cc2)cs1. The molecule has 0 spiro atoms. The van der Waals surface area contributed by atoms with Crippen LogP contribution >= 0.6 is 38.6 Å². The van der Waals surface area contributed by atoms with Gasteiger partial charge in [0.05, 0.1) is 28.5 Å². The molecular formula is C42H39BrF4N10S2. The zero-order valence-corrected chi connectivity index (χ0v) is 35.8. The highest BCUT2D eigenvalue weighted by atomic mass is 79.9. The number of thiazole rings is 2. The van der Waals surface area contributed by atoms with E-state index >= 15 is 4.39 Å². The minimum absolute atomic E-state index is 0.276. The largest absolute Gasteiger partial charge is 0.368 e. The molecule has 59 heavy (non-hydrogen) atoms. The van der Waals surface area contributed by atoms with Crippen molar-refractivity contribution in [1.29, 1.82) is 0 Å². The van der Waals surface area contributed by atoms with Gasteiger partial charge in [-0.2, -0.15) is 0 Å². The number of anilines is 5. The number of imidazole rings is 2. The number of nitrogens with one attached hydrogen (secondary N) is 1. The molecular weight excluding hydrogens is 865 g/mol. The van der Waals surface area contributed by atoms with Gasteiger partial charge in [-0.15, -0.1) is 22.7 Å². The number of halogens is 5. The molecule has 7 heterocycles. The second kappa shape index (κ2) is 17.1. The molecule has 17 heteroatoms. The molecule has 0 radical (unpaired) electrons. The zero-order valence-electron chi connectivity index (χ0n) is 32.6. The first-order valence-electron chi connectivity index (χ1n) is 18.9. The van der Waals surface area contributed by atoms with Gasteiger partial charge in [-0.3, -0.25) is 8.80 Å². The van der Waals surface area contributed by atoms with Gasteiger partial charge in [0, 0.05) is 85.1 Å². The summed E-state index contributed by atoms with van der Waals surface area (Å²) in [6.45, 7) is 7.42. The number of nitrogens with zero attached hydrogens (tertiary/aromatic N) is 9. The third-order valence-corrected chi connectivity index (χ3v) is 12.3. The molecule has 1 fully saturated rings. The average molecular weight is 904 g/mol. The highest BCUT2D eigenvalue weighted by molar-refractivity contribution is 9.10. The van der Waals surface area contributed by atoms with E-state index < -0.39 is 0 Å². The van der Waals surface area contributed by atoms with Crippen molar-refractivity contribution in [2.75, 3.05) is 55.0 Å². The Morgan fingerprint density at radius 2 is 1.12 bits per heavy atom. The molecule has 9 rings (SSSR count). The van der Waals surface area contributed by atoms with Crippen LogP contribution in [0.5, 0.6) is 0 Å². The Bertz CT molecular complexity index is 2740. The van der Waals surface area contributed by atoms with Crippen molar-refractivity contribution in [1.82, 2.24) is 34.1 Å². The number of aromatic nitrogens is 6. The van der Waals surface area contributed by atoms with E-state index in [0.717, 1.165) is 87.7 Å². The lowest BCUT2D eigenvalue weighted by Gasteiger charge is -2.29. The summed E-state index contributed by atoms with van der Waals surface area (Å²) in [6.07, 6.45) is 5.09. The van der Waals surface area contributed by atoms with Gasteiger partial charge in [-0.05, 0) is 83.4 Å². The molecule has 6 aromatic heterocycles. The fourth-order valence-electron chi connectivity index (χ4n) is 7.04. The number of piperazine rings is 1. The molecule has 0 amide bonds. The van der Waals surface area contributed by atoms with E-state index in [-0.39, 0.29) is 28.9 Å². The smallest absolute Gasteiger partial charge is 0.191 e. The van der Waals surface area contributed by atoms with Crippen LogP contribution in [0.4, 0.5) is 45.1 Å². The van der Waals surface area contributed by atoms with E-state index in [2.05, 4.69) is 41.1 Å². The highest BCUT2D eigenvalue weighted by Crippen LogP contribution is 2.37. The summed E-state index contributed by atoms with van der Waals surface area (Å²) >= 11 is 6.30. The lowest BCUT2D eigenvalue weighted by molar-refractivity contribution is 0.583. The third kappa shape index (κ3) is 8.16. The predicted octanol–water partition coefficient (Wildman–Crippen LogP) is 10.3. The topological polar surface area (TPSA) is 82.1 Å². The molecule has 0 unspecified atom stereocenters. The van der Waals surface area contributed by atoms with Crippen molar-refractivity contribution in [3.05, 3.63) is 123 Å². The normalized spacial score (nSPS) is 12.9. The highest BCUT2D eigenvalue weighted by Gasteiger charge is 2.24. The van der Waals surface area contributed by atoms with E-state index in [9.17, 15) is 13.2 Å². The Balaban J connectivity index is 0.000000167. The van der Waals surface area contributed by atoms with Crippen LogP contribution in [0, 0.1) is 23.3 Å². The Labute approximate surface area is 354 Å². The van der Waals surface area contributed by atoms with Crippen molar-refractivity contribution in [2.45, 2.75) is 26.7 Å². The molecule has 8 aromatic rings. The molecule has 1 aliphatic heterocycles. The van der Waals surface area contributed by atoms with Gasteiger partial charge in [-0.25, -0.2) is 37.5 Å². The predicted molar refractivity (Wildman–Crippen MR) is 233 cm³/mol. The molecule has 0 saturated carbocycles. The Hall–Kier alpha value is -5.36. The molecule has 304 valence electrons. The summed E-state index contributed by atoms with van der Waals surface area (Å²) in [5.74, 6) is 0.302. The monoisotopic (exact) mass is 902 g/mol. The van der Waals surface area contributed by atoms with Gasteiger partial charge in [0.1, 0.15) is 23.3 Å². The molecule has 0 bridgehead atoms. The van der Waals surface area contributed by atoms with Crippen LogP contribution in [0.25, 0.3) is 33.8 Å². The van der Waals surface area contributed by atoms with Gasteiger partial charge < -0.3 is 20.0 Å². The summed E-state index contributed by atoms with van der Waals surface area (Å²) in [5, 5.41) is 8.70. The first-order valence-corrected chi connectivity index (χ1v) is 21.5. The summed E-state index contributed by atoms with van der Waals surface area (Å²) in [6, 6.07) is 15.5. The van der Waals surface area contributed by atoms with E-state index in [1.807, 2.05) is 59.1 Å². The van der Waals surface area contributed by atoms with Crippen LogP contribution in [0.15, 0.2) is 88.3 Å². The Morgan fingerprint density at radius 1 is 0.661 bits per heavy atom. The summed E-state index contributed by atoms with van der Waals surface area (Å²) in [5.41, 5.74) is 6.27. The summed E-state index contributed by atoms with van der Waals surface area (Å²) < 4.78 is 60.0. The minimum atomic E-state index is -0.384. The molecule has 10 nitrogen and oxygen atoms in total. The van der Waals surface area contributed by atoms with Crippen molar-refractivity contribution >= 4 is 77.5 Å². The second-order valence-electron chi connectivity index (χ2n) is 13.8. The second-order valence-corrected chi connectivity index (χ2v) is 16.4. The molecule has 0 aliphatic carbocycles. The van der Waals surface area contributed by atoms with Crippen molar-refractivity contribution in [3.63, 3.8) is 0 Å². The fourth-order valence-corrected chi connectivity index (χ4v) is 9.05. The summed E-state index contributed by atoms with van der Waals surface area (Å²) in [7, 11) is 3.81. The van der Waals surface area contributed by atoms with Crippen LogP contribution in [-0.2, 0) is 12.8 Å². The average Bonchev–Trinajstić information content (AvgIpc) is 4.07. The maximum absolute atomic E-state index is 15.1. The van der Waals surface area contributed by atoms with Crippen molar-refractivity contribution in [2.24, 2.45) is 0 Å². The maximum Gasteiger partial charge on any atom is 0.191 e. The molecule has 0 atom stereocenters. The number of aryl methyl sites for hydroxylation is 2. The molecule has 2 aromatic carbocycles. The van der Waals surface area contributed by atoms with Crippen LogP contribution in [0.2, 0.25) is 0 Å². The molecule has 1 aliphatic rings. The molecule has 1 saturated heterocycles. The van der Waals surface area contributed by atoms with Gasteiger partial charge in [-0.1, -0.05) is 13.8 Å². The summed E-state index contributed by atoms with van der Waals surface area (Å²) in [4.78, 5) is 24.5. The number of benzene rings is 2. The minimum Gasteiger partial charge on any atom is -0.368 e. The van der Waals surface area contributed by atoms with E-state index in [0.29, 0.717) is 23.0 Å². The number of pyridine rings is 2. The maximum atomic E-state index is 15.1. The van der Waals surface area contributed by atoms with Crippen LogP contribution in [-0.4, -0.2) is 69.0 Å². The fraction of sp³-hybridized carbons (Fsp3) is 0.238. The van der Waals surface area contributed by atoms with Crippen LogP contribution < -0.4 is 20.0 Å². The van der Waals surface area contributed by atoms with Gasteiger partial charge in [0.15, 0.2) is 33.2 Å². The van der Waals surface area contributed by atoms with E-state index in [4.69, 9.17) is 4.98 Å². The van der Waals surface area contributed by atoms with Gasteiger partial charge in [0.25, 0.3) is 0 Å². The quantitative estimate of drug-likeness (QED) is 0.144. The third-order valence-electron chi connectivity index (χ3n) is 10.0. The van der Waals surface area contributed by atoms with Crippen LogP contribution in [0.1, 0.15) is 25.2 Å². The lowest BCUT2D eigenvalue weighted by Crippen LogP contribution is -2.43. The number of hydrogen-bond donors (Lipinski definition) is 1. The Morgan fingerprint density at radius 3 is 1.59 bits per heavy atom. The van der Waals surface area contributed by atoms with Gasteiger partial charge in [0.2, 0.25) is 0 Å². The van der Waals surface area contributed by atoms with Gasteiger partial charge >= 0.3 is 0 Å². The van der Waals surface area contributed by atoms with E-state index in [1.54, 1.807) is 40.9 Å². The lowest BCUT2D eigenvalue weighted by atomic mass is 10.2. The van der Waals surface area contributed by atoms with E-state index in [1.165, 1.54) is 53.0 Å². The zero-order chi connectivity index (χ0) is 41.4. The number of fused-ring (bicyclic) bond motifs is 2.